The highest BCUT2D eigenvalue weighted by Crippen LogP contribution is 2.45. The average molecular weight is 535 g/mol. The summed E-state index contributed by atoms with van der Waals surface area (Å²) in [6, 6.07) is 8.56. The van der Waals surface area contributed by atoms with Gasteiger partial charge in [0.05, 0.1) is 10.0 Å². The first-order valence-electron chi connectivity index (χ1n) is 11.7. The molecule has 1 aliphatic carbocycles. The molecular formula is C28H30Cl2F2N2O2. The Balaban J connectivity index is 1.61. The molecule has 2 amide bonds. The van der Waals surface area contributed by atoms with Crippen LogP contribution in [0.4, 0.5) is 8.78 Å². The maximum Gasteiger partial charge on any atom is 0.244 e. The summed E-state index contributed by atoms with van der Waals surface area (Å²) in [5.41, 5.74) is -0.0373. The van der Waals surface area contributed by atoms with Crippen molar-refractivity contribution in [2.75, 3.05) is 6.54 Å². The molecule has 2 aromatic rings. The molecule has 8 heteroatoms. The first-order valence-corrected chi connectivity index (χ1v) is 12.5. The second-order valence-corrected chi connectivity index (χ2v) is 11.2. The molecule has 0 radical (unpaired) electrons. The van der Waals surface area contributed by atoms with E-state index < -0.39 is 11.6 Å². The fourth-order valence-electron chi connectivity index (χ4n) is 5.14. The molecule has 3 rings (SSSR count). The van der Waals surface area contributed by atoms with Crippen molar-refractivity contribution in [1.82, 2.24) is 10.6 Å². The molecule has 192 valence electrons. The van der Waals surface area contributed by atoms with Gasteiger partial charge in [0.25, 0.3) is 0 Å². The van der Waals surface area contributed by atoms with Crippen LogP contribution in [0.5, 0.6) is 0 Å². The van der Waals surface area contributed by atoms with E-state index in [0.29, 0.717) is 13.0 Å². The van der Waals surface area contributed by atoms with Gasteiger partial charge in [0.15, 0.2) is 0 Å². The summed E-state index contributed by atoms with van der Waals surface area (Å²) in [5.74, 6) is -1.70. The molecule has 0 spiro atoms. The zero-order valence-electron chi connectivity index (χ0n) is 20.5. The van der Waals surface area contributed by atoms with Crippen LogP contribution in [0, 0.1) is 22.5 Å². The molecular weight excluding hydrogens is 505 g/mol. The second-order valence-electron chi connectivity index (χ2n) is 10.4. The second kappa shape index (κ2) is 11.6. The third-order valence-corrected chi connectivity index (χ3v) is 6.94. The van der Waals surface area contributed by atoms with E-state index >= 15 is 0 Å². The van der Waals surface area contributed by atoms with E-state index in [0.717, 1.165) is 12.8 Å². The van der Waals surface area contributed by atoms with Crippen LogP contribution in [-0.4, -0.2) is 24.4 Å². The molecule has 0 heterocycles. The van der Waals surface area contributed by atoms with E-state index in [9.17, 15) is 18.4 Å². The number of nitrogens with one attached hydrogen (secondary N) is 2. The maximum absolute atomic E-state index is 14.0. The Morgan fingerprint density at radius 1 is 0.917 bits per heavy atom. The van der Waals surface area contributed by atoms with Crippen LogP contribution in [0.3, 0.4) is 0 Å². The van der Waals surface area contributed by atoms with Crippen molar-refractivity contribution < 1.29 is 18.4 Å². The molecule has 1 aliphatic rings. The van der Waals surface area contributed by atoms with Crippen molar-refractivity contribution in [2.45, 2.75) is 46.1 Å². The van der Waals surface area contributed by atoms with Crippen LogP contribution in [-0.2, 0) is 9.59 Å². The van der Waals surface area contributed by atoms with E-state index in [1.54, 1.807) is 12.1 Å². The lowest BCUT2D eigenvalue weighted by Gasteiger charge is -2.46. The summed E-state index contributed by atoms with van der Waals surface area (Å²) in [5, 5.41) is 6.37. The van der Waals surface area contributed by atoms with E-state index in [4.69, 9.17) is 23.2 Å². The Hall–Kier alpha value is -2.70. The summed E-state index contributed by atoms with van der Waals surface area (Å²) in [4.78, 5) is 25.0. The molecule has 0 bridgehead atoms. The highest BCUT2D eigenvalue weighted by Gasteiger charge is 2.41. The van der Waals surface area contributed by atoms with E-state index in [2.05, 4.69) is 31.4 Å². The normalized spacial score (nSPS) is 21.6. The van der Waals surface area contributed by atoms with Gasteiger partial charge in [0.1, 0.15) is 11.6 Å². The molecule has 2 N–H and O–H groups in total. The number of benzene rings is 2. The molecule has 0 saturated heterocycles. The number of hydrogen-bond donors (Lipinski definition) is 2. The smallest absolute Gasteiger partial charge is 0.244 e. The molecule has 2 aromatic carbocycles. The van der Waals surface area contributed by atoms with Gasteiger partial charge in [-0.1, -0.05) is 56.1 Å². The van der Waals surface area contributed by atoms with Crippen molar-refractivity contribution in [3.8, 4) is 0 Å². The predicted molar refractivity (Wildman–Crippen MR) is 142 cm³/mol. The topological polar surface area (TPSA) is 58.2 Å². The molecule has 0 aromatic heterocycles. The van der Waals surface area contributed by atoms with Gasteiger partial charge >= 0.3 is 0 Å². The monoisotopic (exact) mass is 534 g/mol. The Morgan fingerprint density at radius 2 is 1.44 bits per heavy atom. The first kappa shape index (κ1) is 27.9. The van der Waals surface area contributed by atoms with Crippen LogP contribution in [0.1, 0.15) is 51.2 Å². The van der Waals surface area contributed by atoms with Gasteiger partial charge < -0.3 is 10.6 Å². The van der Waals surface area contributed by atoms with Gasteiger partial charge in [-0.3, -0.25) is 9.59 Å². The van der Waals surface area contributed by atoms with Crippen molar-refractivity contribution >= 4 is 47.2 Å². The molecule has 4 nitrogen and oxygen atoms in total. The van der Waals surface area contributed by atoms with Crippen molar-refractivity contribution in [3.05, 3.63) is 81.4 Å². The molecule has 2 atom stereocenters. The lowest BCUT2D eigenvalue weighted by Crippen LogP contribution is -2.50. The lowest BCUT2D eigenvalue weighted by molar-refractivity contribution is -0.119. The van der Waals surface area contributed by atoms with Gasteiger partial charge in [-0.15, -0.1) is 0 Å². The largest absolute Gasteiger partial charge is 0.352 e. The number of hydrogen-bond acceptors (Lipinski definition) is 2. The predicted octanol–water partition coefficient (Wildman–Crippen LogP) is 6.82. The van der Waals surface area contributed by atoms with E-state index in [-0.39, 0.29) is 49.9 Å². The van der Waals surface area contributed by atoms with Crippen LogP contribution in [0.2, 0.25) is 10.0 Å². The fourth-order valence-corrected chi connectivity index (χ4v) is 5.59. The van der Waals surface area contributed by atoms with Crippen LogP contribution >= 0.6 is 23.2 Å². The minimum absolute atomic E-state index is 0.0786. The Morgan fingerprint density at radius 3 is 1.97 bits per heavy atom. The highest BCUT2D eigenvalue weighted by atomic mass is 35.5. The highest BCUT2D eigenvalue weighted by molar-refractivity contribution is 6.32. The number of halogens is 4. The molecule has 1 saturated carbocycles. The van der Waals surface area contributed by atoms with Gasteiger partial charge in [-0.05, 0) is 66.5 Å². The molecule has 36 heavy (non-hydrogen) atoms. The van der Waals surface area contributed by atoms with Gasteiger partial charge in [-0.2, -0.15) is 0 Å². The van der Waals surface area contributed by atoms with Gasteiger partial charge in [0, 0.05) is 35.9 Å². The van der Waals surface area contributed by atoms with Crippen molar-refractivity contribution in [3.63, 3.8) is 0 Å². The Bertz CT molecular complexity index is 1160. The van der Waals surface area contributed by atoms with Crippen LogP contribution in [0.25, 0.3) is 12.2 Å². The fraction of sp³-hybridized carbons (Fsp3) is 0.357. The number of carbonyl (C=O) groups is 2. The summed E-state index contributed by atoms with van der Waals surface area (Å²) >= 11 is 12.0. The third kappa shape index (κ3) is 7.65. The Kier molecular flexibility index (Phi) is 8.96. The average Bonchev–Trinajstić information content (AvgIpc) is 2.76. The standard InChI is InChI=1S/C28H30Cl2F2N2O2/c1-27(2)14-18(34-26(36)13-11-20-22(30)7-5-9-24(20)32)15-28(3,16-27)17-33-25(35)12-10-19-21(29)6-4-8-23(19)31/h4-13,18H,14-17H2,1-3H3,(H,33,35)(H,34,36)/b12-10+,13-11+/t18-,28+/m1/s1. The zero-order chi connectivity index (χ0) is 26.5. The molecule has 0 aliphatic heterocycles. The lowest BCUT2D eigenvalue weighted by atomic mass is 9.62. The quantitative estimate of drug-likeness (QED) is 0.383. The summed E-state index contributed by atoms with van der Waals surface area (Å²) in [7, 11) is 0. The minimum atomic E-state index is -0.502. The van der Waals surface area contributed by atoms with E-state index in [1.807, 2.05) is 0 Å². The summed E-state index contributed by atoms with van der Waals surface area (Å²) in [6.45, 7) is 6.71. The maximum atomic E-state index is 14.0. The SMILES string of the molecule is CC1(C)C[C@@H](NC(=O)/C=C/c2c(F)cccc2Cl)C[C@](C)(CNC(=O)/C=C/c2c(F)cccc2Cl)C1. The van der Waals surface area contributed by atoms with Gasteiger partial charge in [0.2, 0.25) is 11.8 Å². The number of carbonyl (C=O) groups excluding carboxylic acids is 2. The van der Waals surface area contributed by atoms with E-state index in [1.165, 1.54) is 48.6 Å². The first-order chi connectivity index (χ1) is 16.9. The summed E-state index contributed by atoms with van der Waals surface area (Å²) in [6.07, 6.45) is 7.53. The Labute approximate surface area is 220 Å². The number of amides is 2. The van der Waals surface area contributed by atoms with Gasteiger partial charge in [-0.25, -0.2) is 8.78 Å². The van der Waals surface area contributed by atoms with Crippen molar-refractivity contribution in [1.29, 1.82) is 0 Å². The molecule has 1 fully saturated rings. The van der Waals surface area contributed by atoms with Crippen LogP contribution < -0.4 is 10.6 Å². The third-order valence-electron chi connectivity index (χ3n) is 6.28. The summed E-state index contributed by atoms with van der Waals surface area (Å²) < 4.78 is 27.9. The van der Waals surface area contributed by atoms with Crippen LogP contribution in [0.15, 0.2) is 48.6 Å². The molecule has 0 unspecified atom stereocenters. The zero-order valence-corrected chi connectivity index (χ0v) is 22.0. The number of rotatable bonds is 7. The minimum Gasteiger partial charge on any atom is -0.352 e. The van der Waals surface area contributed by atoms with Crippen molar-refractivity contribution in [2.24, 2.45) is 10.8 Å².